The molecule has 0 bridgehead atoms. The number of nitrogens with zero attached hydrogens (tertiary/aromatic N) is 3. The third kappa shape index (κ3) is 3.15. The maximum atomic E-state index is 11.0. The van der Waals surface area contributed by atoms with Gasteiger partial charge in [-0.25, -0.2) is 0 Å². The number of benzene rings is 1. The van der Waals surface area contributed by atoms with Gasteiger partial charge in [-0.05, 0) is 24.3 Å². The van der Waals surface area contributed by atoms with E-state index in [0.717, 1.165) is 0 Å². The summed E-state index contributed by atoms with van der Waals surface area (Å²) in [7, 11) is 1.46. The van der Waals surface area contributed by atoms with Crippen molar-refractivity contribution in [1.29, 1.82) is 0 Å². The van der Waals surface area contributed by atoms with Gasteiger partial charge >= 0.3 is 0 Å². The Morgan fingerprint density at radius 1 is 1.42 bits per heavy atom. The van der Waals surface area contributed by atoms with Crippen molar-refractivity contribution in [2.24, 2.45) is 0 Å². The summed E-state index contributed by atoms with van der Waals surface area (Å²) in [5, 5.41) is 21.6. The number of methoxy groups -OCH3 is 1. The number of hydrogen-bond acceptors (Lipinski definition) is 6. The molecular weight excluding hydrogens is 248 g/mol. The smallest absolute Gasteiger partial charge is 0.296 e. The average Bonchev–Trinajstić information content (AvgIpc) is 2.46. The van der Waals surface area contributed by atoms with E-state index in [2.05, 4.69) is 15.5 Å². The minimum atomic E-state index is -0.457. The molecule has 0 aliphatic carbocycles. The average molecular weight is 260 g/mol. The van der Waals surface area contributed by atoms with Crippen molar-refractivity contribution in [3.63, 3.8) is 0 Å². The molecule has 1 aromatic carbocycles. The quantitative estimate of drug-likeness (QED) is 0.653. The van der Waals surface area contributed by atoms with E-state index in [1.165, 1.54) is 13.2 Å². The lowest BCUT2D eigenvalue weighted by molar-refractivity contribution is -0.384. The largest absolute Gasteiger partial charge is 0.496 e. The van der Waals surface area contributed by atoms with Crippen molar-refractivity contribution in [2.45, 2.75) is 6.54 Å². The van der Waals surface area contributed by atoms with Gasteiger partial charge in [0.05, 0.1) is 30.3 Å². The lowest BCUT2D eigenvalue weighted by Gasteiger charge is -2.07. The molecule has 7 nitrogen and oxygen atoms in total. The minimum Gasteiger partial charge on any atom is -0.496 e. The first kappa shape index (κ1) is 12.7. The molecule has 98 valence electrons. The highest BCUT2D eigenvalue weighted by atomic mass is 16.6. The highest BCUT2D eigenvalue weighted by molar-refractivity contribution is 5.63. The molecule has 0 atom stereocenters. The van der Waals surface area contributed by atoms with E-state index in [4.69, 9.17) is 4.74 Å². The van der Waals surface area contributed by atoms with E-state index >= 15 is 0 Å². The highest BCUT2D eigenvalue weighted by Gasteiger charge is 2.14. The zero-order valence-electron chi connectivity index (χ0n) is 10.2. The summed E-state index contributed by atoms with van der Waals surface area (Å²) in [6.07, 6.45) is 1.57. The van der Waals surface area contributed by atoms with Gasteiger partial charge in [-0.1, -0.05) is 0 Å². The zero-order chi connectivity index (χ0) is 13.7. The number of rotatable bonds is 5. The number of ether oxygens (including phenoxy) is 1. The Balaban J connectivity index is 2.18. The van der Waals surface area contributed by atoms with Gasteiger partial charge in [0.15, 0.2) is 0 Å². The molecule has 0 aliphatic heterocycles. The molecular formula is C12H12N4O3. The normalized spacial score (nSPS) is 9.95. The Hall–Kier alpha value is -2.70. The maximum absolute atomic E-state index is 11.0. The van der Waals surface area contributed by atoms with Crippen LogP contribution in [0, 0.1) is 10.1 Å². The predicted octanol–water partition coefficient (Wildman–Crippen LogP) is 2.01. The SMILES string of the molecule is COc1ccc(NCc2cccnn2)c([N+](=O)[O-])c1. The summed E-state index contributed by atoms with van der Waals surface area (Å²) >= 11 is 0. The Kier molecular flexibility index (Phi) is 3.87. The summed E-state index contributed by atoms with van der Waals surface area (Å²) < 4.78 is 4.97. The first-order valence-corrected chi connectivity index (χ1v) is 5.53. The lowest BCUT2D eigenvalue weighted by Crippen LogP contribution is -2.04. The van der Waals surface area contributed by atoms with Gasteiger partial charge in [-0.15, -0.1) is 0 Å². The van der Waals surface area contributed by atoms with Crippen molar-refractivity contribution in [3.8, 4) is 5.75 Å². The molecule has 1 N–H and O–H groups in total. The predicted molar refractivity (Wildman–Crippen MR) is 69.0 cm³/mol. The minimum absolute atomic E-state index is 0.0387. The first-order valence-electron chi connectivity index (χ1n) is 5.53. The van der Waals surface area contributed by atoms with Crippen LogP contribution in [0.15, 0.2) is 36.5 Å². The Bertz CT molecular complexity index is 574. The summed E-state index contributed by atoms with van der Waals surface area (Å²) in [6.45, 7) is 0.362. The van der Waals surface area contributed by atoms with E-state index in [1.54, 1.807) is 30.5 Å². The number of hydrogen-bond donors (Lipinski definition) is 1. The van der Waals surface area contributed by atoms with Crippen molar-refractivity contribution < 1.29 is 9.66 Å². The number of aromatic nitrogens is 2. The Labute approximate surface area is 109 Å². The molecule has 0 spiro atoms. The molecule has 7 heteroatoms. The monoisotopic (exact) mass is 260 g/mol. The molecule has 0 unspecified atom stereocenters. The van der Waals surface area contributed by atoms with Gasteiger partial charge in [0.25, 0.3) is 5.69 Å². The Morgan fingerprint density at radius 2 is 2.26 bits per heavy atom. The fourth-order valence-corrected chi connectivity index (χ4v) is 1.55. The van der Waals surface area contributed by atoms with Gasteiger partial charge in [0, 0.05) is 6.20 Å². The van der Waals surface area contributed by atoms with Crippen LogP contribution in [0.3, 0.4) is 0 Å². The second-order valence-corrected chi connectivity index (χ2v) is 3.71. The van der Waals surface area contributed by atoms with Crippen molar-refractivity contribution >= 4 is 11.4 Å². The Morgan fingerprint density at radius 3 is 2.89 bits per heavy atom. The van der Waals surface area contributed by atoms with Crippen LogP contribution < -0.4 is 10.1 Å². The van der Waals surface area contributed by atoms with Gasteiger partial charge in [0.2, 0.25) is 0 Å². The molecule has 1 heterocycles. The number of nitro benzene ring substituents is 1. The first-order chi connectivity index (χ1) is 9.20. The topological polar surface area (TPSA) is 90.2 Å². The van der Waals surface area contributed by atoms with E-state index < -0.39 is 4.92 Å². The molecule has 0 aliphatic rings. The van der Waals surface area contributed by atoms with E-state index in [9.17, 15) is 10.1 Å². The van der Waals surface area contributed by atoms with Crippen LogP contribution >= 0.6 is 0 Å². The fourth-order valence-electron chi connectivity index (χ4n) is 1.55. The van der Waals surface area contributed by atoms with E-state index in [0.29, 0.717) is 23.7 Å². The summed E-state index contributed by atoms with van der Waals surface area (Å²) in [5.74, 6) is 0.441. The molecule has 0 saturated carbocycles. The third-order valence-corrected chi connectivity index (χ3v) is 2.49. The van der Waals surface area contributed by atoms with Gasteiger partial charge in [-0.3, -0.25) is 10.1 Å². The van der Waals surface area contributed by atoms with Gasteiger partial charge in [-0.2, -0.15) is 10.2 Å². The van der Waals surface area contributed by atoms with Crippen LogP contribution in [0.4, 0.5) is 11.4 Å². The van der Waals surface area contributed by atoms with Crippen LogP contribution in [0.2, 0.25) is 0 Å². The van der Waals surface area contributed by atoms with Gasteiger partial charge < -0.3 is 10.1 Å². The van der Waals surface area contributed by atoms with Crippen molar-refractivity contribution in [1.82, 2.24) is 10.2 Å². The second kappa shape index (κ2) is 5.76. The molecule has 0 saturated heterocycles. The van der Waals surface area contributed by atoms with Crippen LogP contribution in [0.25, 0.3) is 0 Å². The second-order valence-electron chi connectivity index (χ2n) is 3.71. The van der Waals surface area contributed by atoms with Crippen LogP contribution in [-0.4, -0.2) is 22.2 Å². The molecule has 2 rings (SSSR count). The zero-order valence-corrected chi connectivity index (χ0v) is 10.2. The fraction of sp³-hybridized carbons (Fsp3) is 0.167. The lowest BCUT2D eigenvalue weighted by atomic mass is 10.2. The summed E-state index contributed by atoms with van der Waals surface area (Å²) in [4.78, 5) is 10.5. The number of nitrogens with one attached hydrogen (secondary N) is 1. The summed E-state index contributed by atoms with van der Waals surface area (Å²) in [6, 6.07) is 8.18. The van der Waals surface area contributed by atoms with E-state index in [1.807, 2.05) is 0 Å². The molecule has 19 heavy (non-hydrogen) atoms. The van der Waals surface area contributed by atoms with Crippen LogP contribution in [0.5, 0.6) is 5.75 Å². The molecule has 1 aromatic heterocycles. The van der Waals surface area contributed by atoms with Crippen LogP contribution in [-0.2, 0) is 6.54 Å². The van der Waals surface area contributed by atoms with Crippen molar-refractivity contribution in [3.05, 3.63) is 52.3 Å². The van der Waals surface area contributed by atoms with Crippen LogP contribution in [0.1, 0.15) is 5.69 Å². The number of nitro groups is 1. The standard InChI is InChI=1S/C12H12N4O3/c1-19-10-4-5-11(12(7-10)16(17)18)13-8-9-3-2-6-14-15-9/h2-7,13H,8H2,1H3. The van der Waals surface area contributed by atoms with E-state index in [-0.39, 0.29) is 5.69 Å². The molecule has 2 aromatic rings. The highest BCUT2D eigenvalue weighted by Crippen LogP contribution is 2.29. The third-order valence-electron chi connectivity index (χ3n) is 2.49. The number of anilines is 1. The molecule has 0 fully saturated rings. The molecule has 0 radical (unpaired) electrons. The maximum Gasteiger partial charge on any atom is 0.296 e. The summed E-state index contributed by atoms with van der Waals surface area (Å²) in [5.41, 5.74) is 1.08. The molecule has 0 amide bonds. The van der Waals surface area contributed by atoms with Gasteiger partial charge in [0.1, 0.15) is 11.4 Å². The van der Waals surface area contributed by atoms with Crippen molar-refractivity contribution in [2.75, 3.05) is 12.4 Å².